The van der Waals surface area contributed by atoms with Gasteiger partial charge < -0.3 is 10.0 Å². The fourth-order valence-electron chi connectivity index (χ4n) is 1.87. The molecule has 1 N–H and O–H groups in total. The van der Waals surface area contributed by atoms with Crippen molar-refractivity contribution >= 4 is 33.3 Å². The van der Waals surface area contributed by atoms with Crippen LogP contribution in [0.5, 0.6) is 0 Å². The highest BCUT2D eigenvalue weighted by atomic mass is 35.5. The number of rotatable bonds is 5. The minimum Gasteiger partial charge on any atom is -0.478 e. The van der Waals surface area contributed by atoms with Crippen molar-refractivity contribution in [3.05, 3.63) is 28.8 Å². The summed E-state index contributed by atoms with van der Waals surface area (Å²) in [7, 11) is -2.33. The molecular weight excluding hydrogens is 318 g/mol. The van der Waals surface area contributed by atoms with Gasteiger partial charge in [-0.05, 0) is 31.0 Å². The molecule has 21 heavy (non-hydrogen) atoms. The molecule has 6 nitrogen and oxygen atoms in total. The van der Waals surface area contributed by atoms with Crippen molar-refractivity contribution in [2.75, 3.05) is 12.8 Å². The number of carboxylic acids is 1. The van der Waals surface area contributed by atoms with E-state index in [1.54, 1.807) is 7.05 Å². The lowest BCUT2D eigenvalue weighted by Gasteiger charge is -2.16. The Morgan fingerprint density at radius 2 is 2.00 bits per heavy atom. The van der Waals surface area contributed by atoms with E-state index < -0.39 is 27.5 Å². The highest BCUT2D eigenvalue weighted by Crippen LogP contribution is 2.26. The molecule has 1 aromatic rings. The molecule has 0 heterocycles. The number of nitrogens with zero attached hydrogens (tertiary/aromatic N) is 1. The summed E-state index contributed by atoms with van der Waals surface area (Å²) >= 11 is 5.70. The summed E-state index contributed by atoms with van der Waals surface area (Å²) in [6, 6.07) is 3.50. The summed E-state index contributed by atoms with van der Waals surface area (Å²) in [5.74, 6) is -2.50. The van der Waals surface area contributed by atoms with Crippen LogP contribution in [0.1, 0.15) is 23.2 Å². The van der Waals surface area contributed by atoms with Crippen molar-refractivity contribution in [3.8, 4) is 0 Å². The molecule has 0 aromatic heterocycles. The van der Waals surface area contributed by atoms with E-state index in [0.29, 0.717) is 0 Å². The molecule has 2 rings (SSSR count). The fourth-order valence-corrected chi connectivity index (χ4v) is 3.34. The largest absolute Gasteiger partial charge is 0.478 e. The second-order valence-corrected chi connectivity index (χ2v) is 7.34. The predicted octanol–water partition coefficient (Wildman–Crippen LogP) is 1.43. The maximum Gasteiger partial charge on any atom is 0.337 e. The zero-order valence-electron chi connectivity index (χ0n) is 11.2. The van der Waals surface area contributed by atoms with E-state index >= 15 is 0 Å². The van der Waals surface area contributed by atoms with E-state index in [9.17, 15) is 18.0 Å². The van der Waals surface area contributed by atoms with Crippen molar-refractivity contribution in [1.82, 2.24) is 4.90 Å². The van der Waals surface area contributed by atoms with Crippen LogP contribution in [0.3, 0.4) is 0 Å². The minimum absolute atomic E-state index is 0.0529. The van der Waals surface area contributed by atoms with E-state index in [1.165, 1.54) is 17.0 Å². The van der Waals surface area contributed by atoms with Crippen LogP contribution in [0, 0.1) is 0 Å². The number of hydrogen-bond donors (Lipinski definition) is 1. The first kappa shape index (κ1) is 15.8. The molecule has 0 unspecified atom stereocenters. The number of amides is 1. The number of carbonyl (C=O) groups is 2. The number of halogens is 1. The molecular formula is C13H14ClNO5S. The van der Waals surface area contributed by atoms with Gasteiger partial charge in [0.2, 0.25) is 5.91 Å². The molecule has 0 saturated heterocycles. The Morgan fingerprint density at radius 1 is 1.38 bits per heavy atom. The monoisotopic (exact) mass is 331 g/mol. The molecule has 0 atom stereocenters. The van der Waals surface area contributed by atoms with Crippen molar-refractivity contribution in [2.24, 2.45) is 0 Å². The Morgan fingerprint density at radius 3 is 2.52 bits per heavy atom. The molecule has 8 heteroatoms. The molecule has 1 aliphatic rings. The second-order valence-electron chi connectivity index (χ2n) is 4.94. The van der Waals surface area contributed by atoms with Gasteiger partial charge >= 0.3 is 5.97 Å². The average molecular weight is 332 g/mol. The molecule has 1 fully saturated rings. The van der Waals surface area contributed by atoms with Gasteiger partial charge in [-0.2, -0.15) is 0 Å². The molecule has 1 saturated carbocycles. The van der Waals surface area contributed by atoms with Gasteiger partial charge in [0.15, 0.2) is 9.84 Å². The average Bonchev–Trinajstić information content (AvgIpc) is 3.21. The Hall–Kier alpha value is -1.60. The Labute approximate surface area is 127 Å². The zero-order valence-corrected chi connectivity index (χ0v) is 12.8. The van der Waals surface area contributed by atoms with Gasteiger partial charge in [-0.25, -0.2) is 13.2 Å². The molecule has 1 aliphatic carbocycles. The summed E-state index contributed by atoms with van der Waals surface area (Å²) in [5, 5.41) is 8.90. The van der Waals surface area contributed by atoms with Crippen LogP contribution in [0.25, 0.3) is 0 Å². The van der Waals surface area contributed by atoms with Gasteiger partial charge in [0, 0.05) is 13.1 Å². The second kappa shape index (κ2) is 5.65. The summed E-state index contributed by atoms with van der Waals surface area (Å²) in [6.07, 6.45) is 1.76. The van der Waals surface area contributed by atoms with Crippen LogP contribution >= 0.6 is 11.6 Å². The lowest BCUT2D eigenvalue weighted by molar-refractivity contribution is -0.127. The summed E-state index contributed by atoms with van der Waals surface area (Å²) in [6.45, 7) is 0. The number of carboxylic acid groups (broad SMARTS) is 1. The minimum atomic E-state index is -3.90. The molecule has 114 valence electrons. The highest BCUT2D eigenvalue weighted by molar-refractivity contribution is 7.92. The lowest BCUT2D eigenvalue weighted by atomic mass is 10.2. The number of aromatic carboxylic acids is 1. The number of benzene rings is 1. The Kier molecular flexibility index (Phi) is 4.25. The van der Waals surface area contributed by atoms with E-state index in [0.717, 1.165) is 18.9 Å². The van der Waals surface area contributed by atoms with Crippen LogP contribution in [0.15, 0.2) is 23.1 Å². The Bertz CT molecular complexity index is 697. The van der Waals surface area contributed by atoms with Gasteiger partial charge in [0.05, 0.1) is 15.5 Å². The van der Waals surface area contributed by atoms with Crippen molar-refractivity contribution in [2.45, 2.75) is 23.8 Å². The number of hydrogen-bond acceptors (Lipinski definition) is 4. The standard InChI is InChI=1S/C13H14ClNO5S/c1-15(8-2-3-8)12(16)7-21(19,20)9-4-5-11(14)10(6-9)13(17)18/h4-6,8H,2-3,7H2,1H3,(H,17,18). The van der Waals surface area contributed by atoms with Crippen LogP contribution in [0.2, 0.25) is 5.02 Å². The van der Waals surface area contributed by atoms with Crippen LogP contribution in [-0.2, 0) is 14.6 Å². The lowest BCUT2D eigenvalue weighted by Crippen LogP contribution is -2.34. The van der Waals surface area contributed by atoms with Crippen molar-refractivity contribution < 1.29 is 23.1 Å². The Balaban J connectivity index is 2.25. The third kappa shape index (κ3) is 3.54. The fraction of sp³-hybridized carbons (Fsp3) is 0.385. The molecule has 0 radical (unpaired) electrons. The first-order chi connectivity index (χ1) is 9.72. The number of carbonyl (C=O) groups excluding carboxylic acids is 1. The quantitative estimate of drug-likeness (QED) is 0.881. The zero-order chi connectivity index (χ0) is 15.8. The first-order valence-corrected chi connectivity index (χ1v) is 8.26. The van der Waals surface area contributed by atoms with Crippen molar-refractivity contribution in [3.63, 3.8) is 0 Å². The van der Waals surface area contributed by atoms with E-state index in [1.807, 2.05) is 0 Å². The van der Waals surface area contributed by atoms with Crippen LogP contribution in [0.4, 0.5) is 0 Å². The number of sulfone groups is 1. The van der Waals surface area contributed by atoms with Crippen LogP contribution in [-0.4, -0.2) is 49.1 Å². The van der Waals surface area contributed by atoms with Crippen LogP contribution < -0.4 is 0 Å². The van der Waals surface area contributed by atoms with Gasteiger partial charge in [0.25, 0.3) is 0 Å². The van der Waals surface area contributed by atoms with Gasteiger partial charge in [0.1, 0.15) is 5.75 Å². The van der Waals surface area contributed by atoms with Crippen molar-refractivity contribution in [1.29, 1.82) is 0 Å². The van der Waals surface area contributed by atoms with E-state index in [4.69, 9.17) is 16.7 Å². The molecule has 0 spiro atoms. The smallest absolute Gasteiger partial charge is 0.337 e. The molecule has 1 aromatic carbocycles. The summed E-state index contributed by atoms with van der Waals surface area (Å²) < 4.78 is 24.4. The van der Waals surface area contributed by atoms with Gasteiger partial charge in [-0.1, -0.05) is 11.6 Å². The first-order valence-electron chi connectivity index (χ1n) is 6.23. The van der Waals surface area contributed by atoms with Gasteiger partial charge in [-0.3, -0.25) is 4.79 Å². The molecule has 0 aliphatic heterocycles. The highest BCUT2D eigenvalue weighted by Gasteiger charge is 2.32. The van der Waals surface area contributed by atoms with E-state index in [2.05, 4.69) is 0 Å². The van der Waals surface area contributed by atoms with Gasteiger partial charge in [-0.15, -0.1) is 0 Å². The third-order valence-electron chi connectivity index (χ3n) is 3.33. The van der Waals surface area contributed by atoms with E-state index in [-0.39, 0.29) is 21.5 Å². The predicted molar refractivity (Wildman–Crippen MR) is 76.3 cm³/mol. The normalized spacial score (nSPS) is 14.8. The maximum absolute atomic E-state index is 12.2. The summed E-state index contributed by atoms with van der Waals surface area (Å²) in [5.41, 5.74) is -0.305. The SMILES string of the molecule is CN(C(=O)CS(=O)(=O)c1ccc(Cl)c(C(=O)O)c1)C1CC1. The third-order valence-corrected chi connectivity index (χ3v) is 5.26. The topological polar surface area (TPSA) is 91.8 Å². The molecule has 1 amide bonds. The summed E-state index contributed by atoms with van der Waals surface area (Å²) in [4.78, 5) is 24.1. The maximum atomic E-state index is 12.2. The molecule has 0 bridgehead atoms.